The third kappa shape index (κ3) is 3.48. The Balaban J connectivity index is 1.55. The topological polar surface area (TPSA) is 61.5 Å². The van der Waals surface area contributed by atoms with E-state index in [1.54, 1.807) is 18.2 Å². The Morgan fingerprint density at radius 2 is 2.11 bits per heavy atom. The second-order valence-electron chi connectivity index (χ2n) is 6.36. The molecule has 1 aliphatic rings. The zero-order chi connectivity index (χ0) is 18.8. The molecule has 1 aromatic heterocycles. The summed E-state index contributed by atoms with van der Waals surface area (Å²) < 4.78 is 5.53. The van der Waals surface area contributed by atoms with Gasteiger partial charge < -0.3 is 9.64 Å². The number of aromatic amines is 1. The molecule has 2 amide bonds. The maximum absolute atomic E-state index is 12.9. The van der Waals surface area contributed by atoms with Crippen LogP contribution in [0.3, 0.4) is 0 Å². The van der Waals surface area contributed by atoms with E-state index in [0.717, 1.165) is 22.4 Å². The number of methoxy groups -OCH3 is 1. The number of anilines is 1. The number of H-pyrrole nitrogens is 1. The summed E-state index contributed by atoms with van der Waals surface area (Å²) >= 11 is 6.05. The van der Waals surface area contributed by atoms with Gasteiger partial charge in [-0.15, -0.1) is 0 Å². The van der Waals surface area contributed by atoms with Crippen LogP contribution in [0.4, 0.5) is 10.5 Å². The first-order valence-corrected chi connectivity index (χ1v) is 9.01. The number of nitrogens with zero attached hydrogens (tertiary/aromatic N) is 3. The van der Waals surface area contributed by atoms with Crippen molar-refractivity contribution in [2.24, 2.45) is 0 Å². The molecule has 0 unspecified atom stereocenters. The number of benzene rings is 2. The fourth-order valence-electron chi connectivity index (χ4n) is 3.31. The van der Waals surface area contributed by atoms with Crippen LogP contribution in [0.15, 0.2) is 54.9 Å². The van der Waals surface area contributed by atoms with Crippen LogP contribution in [0.25, 0.3) is 11.1 Å². The lowest BCUT2D eigenvalue weighted by atomic mass is 10.1. The van der Waals surface area contributed by atoms with Crippen LogP contribution in [-0.4, -0.2) is 41.3 Å². The van der Waals surface area contributed by atoms with Crippen LogP contribution < -0.4 is 9.64 Å². The Morgan fingerprint density at radius 3 is 2.85 bits per heavy atom. The van der Waals surface area contributed by atoms with E-state index in [9.17, 15) is 4.79 Å². The second kappa shape index (κ2) is 7.32. The quantitative estimate of drug-likeness (QED) is 0.720. The molecule has 3 aromatic rings. The normalized spacial score (nSPS) is 14.1. The Hall–Kier alpha value is -2.99. The number of rotatable bonds is 5. The number of ether oxygens (including phenoxy) is 1. The number of amides is 2. The van der Waals surface area contributed by atoms with Crippen LogP contribution in [0.2, 0.25) is 5.02 Å². The first kappa shape index (κ1) is 17.4. The largest absolute Gasteiger partial charge is 0.496 e. The monoisotopic (exact) mass is 382 g/mol. The summed E-state index contributed by atoms with van der Waals surface area (Å²) in [6.45, 7) is 1.84. The van der Waals surface area contributed by atoms with E-state index < -0.39 is 0 Å². The molecule has 0 aliphatic carbocycles. The highest BCUT2D eigenvalue weighted by Crippen LogP contribution is 2.34. The predicted molar refractivity (Wildman–Crippen MR) is 105 cm³/mol. The third-order valence-corrected chi connectivity index (χ3v) is 4.90. The smallest absolute Gasteiger partial charge is 0.324 e. The zero-order valence-electron chi connectivity index (χ0n) is 14.9. The van der Waals surface area contributed by atoms with Crippen LogP contribution in [0.5, 0.6) is 5.75 Å². The van der Waals surface area contributed by atoms with Gasteiger partial charge in [-0.05, 0) is 29.8 Å². The molecule has 2 heterocycles. The van der Waals surface area contributed by atoms with Gasteiger partial charge in [-0.25, -0.2) is 4.79 Å². The van der Waals surface area contributed by atoms with Crippen molar-refractivity contribution in [3.05, 3.63) is 65.4 Å². The van der Waals surface area contributed by atoms with E-state index in [1.807, 2.05) is 53.6 Å². The number of nitrogens with one attached hydrogen (secondary N) is 1. The molecule has 1 aliphatic heterocycles. The number of carbonyl (C=O) groups is 1. The highest BCUT2D eigenvalue weighted by molar-refractivity contribution is 6.30. The number of urea groups is 1. The third-order valence-electron chi connectivity index (χ3n) is 4.66. The fourth-order valence-corrected chi connectivity index (χ4v) is 3.52. The van der Waals surface area contributed by atoms with Gasteiger partial charge in [-0.2, -0.15) is 5.10 Å². The van der Waals surface area contributed by atoms with Crippen molar-refractivity contribution in [2.45, 2.75) is 6.54 Å². The highest BCUT2D eigenvalue weighted by atomic mass is 35.5. The average Bonchev–Trinajstić information content (AvgIpc) is 3.32. The summed E-state index contributed by atoms with van der Waals surface area (Å²) in [5, 5.41) is 7.46. The SMILES string of the molecule is COc1cc(N2CCN(Cc3cccc(Cl)c3)C2=O)ccc1-c1cn[nH]c1. The molecule has 0 bridgehead atoms. The average molecular weight is 383 g/mol. The molecule has 1 fully saturated rings. The Bertz CT molecular complexity index is 958. The molecule has 0 saturated carbocycles. The lowest BCUT2D eigenvalue weighted by Gasteiger charge is -2.20. The molecule has 0 radical (unpaired) electrons. The number of hydrogen-bond acceptors (Lipinski definition) is 3. The summed E-state index contributed by atoms with van der Waals surface area (Å²) in [5.41, 5.74) is 3.70. The number of halogens is 1. The van der Waals surface area contributed by atoms with Crippen molar-refractivity contribution in [3.63, 3.8) is 0 Å². The molecule has 1 N–H and O–H groups in total. The molecule has 138 valence electrons. The first-order chi connectivity index (χ1) is 13.2. The molecule has 2 aromatic carbocycles. The van der Waals surface area contributed by atoms with Crippen LogP contribution >= 0.6 is 11.6 Å². The van der Waals surface area contributed by atoms with Crippen molar-refractivity contribution in [3.8, 4) is 16.9 Å². The van der Waals surface area contributed by atoms with E-state index in [2.05, 4.69) is 10.2 Å². The summed E-state index contributed by atoms with van der Waals surface area (Å²) in [6.07, 6.45) is 3.55. The molecule has 6 nitrogen and oxygen atoms in total. The minimum absolute atomic E-state index is 0.0203. The van der Waals surface area contributed by atoms with E-state index in [-0.39, 0.29) is 6.03 Å². The predicted octanol–water partition coefficient (Wildman–Crippen LogP) is 4.18. The Kier molecular flexibility index (Phi) is 4.73. The minimum Gasteiger partial charge on any atom is -0.496 e. The maximum Gasteiger partial charge on any atom is 0.324 e. The van der Waals surface area contributed by atoms with E-state index in [1.165, 1.54) is 0 Å². The van der Waals surface area contributed by atoms with Crippen LogP contribution in [-0.2, 0) is 6.54 Å². The molecular formula is C20H19ClN4O2. The van der Waals surface area contributed by atoms with E-state index >= 15 is 0 Å². The van der Waals surface area contributed by atoms with Gasteiger partial charge in [0.25, 0.3) is 0 Å². The number of hydrogen-bond donors (Lipinski definition) is 1. The van der Waals surface area contributed by atoms with Gasteiger partial charge in [0.1, 0.15) is 5.75 Å². The maximum atomic E-state index is 12.9. The van der Waals surface area contributed by atoms with Crippen LogP contribution in [0.1, 0.15) is 5.56 Å². The van der Waals surface area contributed by atoms with Gasteiger partial charge in [0.05, 0.1) is 13.3 Å². The van der Waals surface area contributed by atoms with Gasteiger partial charge in [0.2, 0.25) is 0 Å². The molecule has 4 rings (SSSR count). The van der Waals surface area contributed by atoms with E-state index in [0.29, 0.717) is 30.4 Å². The molecule has 0 atom stereocenters. The van der Waals surface area contributed by atoms with E-state index in [4.69, 9.17) is 16.3 Å². The Labute approximate surface area is 162 Å². The molecule has 0 spiro atoms. The van der Waals surface area contributed by atoms with Gasteiger partial charge in [0, 0.05) is 53.7 Å². The zero-order valence-corrected chi connectivity index (χ0v) is 15.6. The summed E-state index contributed by atoms with van der Waals surface area (Å²) in [7, 11) is 1.62. The summed E-state index contributed by atoms with van der Waals surface area (Å²) in [6, 6.07) is 13.4. The summed E-state index contributed by atoms with van der Waals surface area (Å²) in [4.78, 5) is 16.5. The standard InChI is InChI=1S/C20H19ClN4O2/c1-27-19-10-17(5-6-18(19)15-11-22-23-12-15)25-8-7-24(20(25)26)13-14-3-2-4-16(21)9-14/h2-6,9-12H,7-8,13H2,1H3,(H,22,23). The molecular weight excluding hydrogens is 364 g/mol. The lowest BCUT2D eigenvalue weighted by molar-refractivity contribution is 0.219. The van der Waals surface area contributed by atoms with Crippen molar-refractivity contribution in [1.29, 1.82) is 0 Å². The van der Waals surface area contributed by atoms with Gasteiger partial charge in [0.15, 0.2) is 0 Å². The van der Waals surface area contributed by atoms with Gasteiger partial charge in [-0.3, -0.25) is 10.00 Å². The minimum atomic E-state index is -0.0203. The van der Waals surface area contributed by atoms with Gasteiger partial charge in [-0.1, -0.05) is 23.7 Å². The first-order valence-electron chi connectivity index (χ1n) is 8.64. The second-order valence-corrected chi connectivity index (χ2v) is 6.79. The van der Waals surface area contributed by atoms with Crippen molar-refractivity contribution in [2.75, 3.05) is 25.1 Å². The number of aromatic nitrogens is 2. The highest BCUT2D eigenvalue weighted by Gasteiger charge is 2.30. The van der Waals surface area contributed by atoms with Crippen molar-refractivity contribution in [1.82, 2.24) is 15.1 Å². The molecule has 1 saturated heterocycles. The van der Waals surface area contributed by atoms with Crippen molar-refractivity contribution >= 4 is 23.3 Å². The fraction of sp³-hybridized carbons (Fsp3) is 0.200. The molecule has 7 heteroatoms. The lowest BCUT2D eigenvalue weighted by Crippen LogP contribution is -2.31. The number of carbonyl (C=O) groups excluding carboxylic acids is 1. The molecule has 27 heavy (non-hydrogen) atoms. The van der Waals surface area contributed by atoms with Crippen LogP contribution in [0, 0.1) is 0 Å². The van der Waals surface area contributed by atoms with Crippen molar-refractivity contribution < 1.29 is 9.53 Å². The summed E-state index contributed by atoms with van der Waals surface area (Å²) in [5.74, 6) is 0.704. The Morgan fingerprint density at radius 1 is 1.22 bits per heavy atom. The van der Waals surface area contributed by atoms with Gasteiger partial charge >= 0.3 is 6.03 Å².